The van der Waals surface area contributed by atoms with Gasteiger partial charge in [0.25, 0.3) is 0 Å². The first-order valence-electron chi connectivity index (χ1n) is 10.8. The van der Waals surface area contributed by atoms with Crippen molar-refractivity contribution in [2.24, 2.45) is 7.05 Å². The second-order valence-corrected chi connectivity index (χ2v) is 8.29. The molecule has 4 rings (SSSR count). The first-order chi connectivity index (χ1) is 15.4. The van der Waals surface area contributed by atoms with Crippen molar-refractivity contribution >= 4 is 22.4 Å². The van der Waals surface area contributed by atoms with Crippen molar-refractivity contribution in [3.8, 4) is 16.9 Å². The van der Waals surface area contributed by atoms with E-state index in [-0.39, 0.29) is 22.7 Å². The van der Waals surface area contributed by atoms with E-state index in [4.69, 9.17) is 10.6 Å². The molecule has 4 aromatic rings. The monoisotopic (exact) mass is 433 g/mol. The van der Waals surface area contributed by atoms with Gasteiger partial charge in [-0.05, 0) is 64.6 Å². The Balaban J connectivity index is 1.78. The topological polar surface area (TPSA) is 69.2 Å². The molecule has 0 aliphatic rings. The van der Waals surface area contributed by atoms with Gasteiger partial charge in [0.1, 0.15) is 0 Å². The Bertz CT molecular complexity index is 1250. The van der Waals surface area contributed by atoms with Crippen LogP contribution in [0.3, 0.4) is 0 Å². The maximum Gasteiger partial charge on any atom is 0.160 e. The smallest absolute Gasteiger partial charge is 0.160 e. The molecule has 6 nitrogen and oxygen atoms in total. The number of hydrogen-bond donors (Lipinski definition) is 1. The molecule has 3 aromatic heterocycles. The van der Waals surface area contributed by atoms with E-state index in [1.165, 1.54) is 0 Å². The number of anilines is 2. The average molecular weight is 434 g/mol. The molecular formula is C25H28FN5O. The van der Waals surface area contributed by atoms with Crippen LogP contribution in [0.4, 0.5) is 16.0 Å². The van der Waals surface area contributed by atoms with Crippen molar-refractivity contribution < 1.29 is 9.32 Å². The van der Waals surface area contributed by atoms with Gasteiger partial charge in [-0.25, -0.2) is 4.98 Å². The van der Waals surface area contributed by atoms with E-state index in [9.17, 15) is 0 Å². The van der Waals surface area contributed by atoms with E-state index < -0.39 is 0 Å². The molecule has 3 heterocycles. The number of pyridine rings is 2. The van der Waals surface area contributed by atoms with E-state index in [0.29, 0.717) is 5.75 Å². The van der Waals surface area contributed by atoms with Crippen LogP contribution in [0.25, 0.3) is 22.0 Å². The molecule has 0 unspecified atom stereocenters. The normalized spacial score (nSPS) is 11.3. The summed E-state index contributed by atoms with van der Waals surface area (Å²) in [4.78, 5) is 14.0. The SMILES string of the molecule is CCCc1cnc(N)c(N(F)Oc2cc(-c3ccncc3C(C)C)c3c(ccn3C)c2)c1. The summed E-state index contributed by atoms with van der Waals surface area (Å²) in [5.74, 6) is 0.723. The van der Waals surface area contributed by atoms with E-state index in [0.717, 1.165) is 46.0 Å². The van der Waals surface area contributed by atoms with Crippen molar-refractivity contribution in [1.82, 2.24) is 14.5 Å². The van der Waals surface area contributed by atoms with Crippen LogP contribution in [0.5, 0.6) is 5.75 Å². The summed E-state index contributed by atoms with van der Waals surface area (Å²) in [6, 6.07) is 9.33. The molecule has 166 valence electrons. The molecule has 0 aliphatic carbocycles. The minimum atomic E-state index is 0.0737. The highest BCUT2D eigenvalue weighted by Crippen LogP contribution is 2.38. The molecule has 7 heteroatoms. The number of benzene rings is 1. The lowest BCUT2D eigenvalue weighted by atomic mass is 9.93. The van der Waals surface area contributed by atoms with E-state index in [1.807, 2.05) is 43.7 Å². The van der Waals surface area contributed by atoms with Crippen molar-refractivity contribution in [2.75, 3.05) is 11.0 Å². The number of fused-ring (bicyclic) bond motifs is 1. The van der Waals surface area contributed by atoms with E-state index >= 15 is 4.48 Å². The molecule has 0 saturated carbocycles. The molecule has 0 spiro atoms. The van der Waals surface area contributed by atoms with E-state index in [1.54, 1.807) is 18.5 Å². The lowest BCUT2D eigenvalue weighted by Crippen LogP contribution is -2.19. The highest BCUT2D eigenvalue weighted by Gasteiger charge is 2.18. The third-order valence-corrected chi connectivity index (χ3v) is 5.58. The van der Waals surface area contributed by atoms with Crippen molar-refractivity contribution in [3.63, 3.8) is 0 Å². The third kappa shape index (κ3) is 4.10. The maximum absolute atomic E-state index is 15.1. The lowest BCUT2D eigenvalue weighted by Gasteiger charge is -2.18. The third-order valence-electron chi connectivity index (χ3n) is 5.58. The minimum absolute atomic E-state index is 0.0737. The number of halogens is 1. The summed E-state index contributed by atoms with van der Waals surface area (Å²) < 4.78 is 17.2. The minimum Gasteiger partial charge on any atom is -0.382 e. The number of nitrogens with zero attached hydrogens (tertiary/aromatic N) is 4. The zero-order valence-electron chi connectivity index (χ0n) is 18.8. The maximum atomic E-state index is 15.1. The van der Waals surface area contributed by atoms with Gasteiger partial charge in [0, 0.05) is 42.8 Å². The predicted octanol–water partition coefficient (Wildman–Crippen LogP) is 5.98. The summed E-state index contributed by atoms with van der Waals surface area (Å²) in [5, 5.41) is 1.15. The van der Waals surface area contributed by atoms with Crippen LogP contribution in [0, 0.1) is 0 Å². The van der Waals surface area contributed by atoms with Gasteiger partial charge in [0.2, 0.25) is 0 Å². The van der Waals surface area contributed by atoms with Gasteiger partial charge in [-0.1, -0.05) is 31.7 Å². The summed E-state index contributed by atoms with van der Waals surface area (Å²) in [7, 11) is 2.00. The Kier molecular flexibility index (Phi) is 5.99. The fourth-order valence-electron chi connectivity index (χ4n) is 4.00. The number of nitrogen functional groups attached to an aromatic ring is 1. The molecule has 0 saturated heterocycles. The Morgan fingerprint density at radius 2 is 1.97 bits per heavy atom. The van der Waals surface area contributed by atoms with Crippen molar-refractivity contribution in [3.05, 3.63) is 66.2 Å². The highest BCUT2D eigenvalue weighted by atomic mass is 19.2. The molecule has 32 heavy (non-hydrogen) atoms. The molecule has 0 radical (unpaired) electrons. The summed E-state index contributed by atoms with van der Waals surface area (Å²) in [6.45, 7) is 6.32. The fraction of sp³-hybridized carbons (Fsp3) is 0.280. The van der Waals surface area contributed by atoms with Gasteiger partial charge in [0.15, 0.2) is 17.3 Å². The van der Waals surface area contributed by atoms with Crippen LogP contribution in [-0.2, 0) is 13.5 Å². The van der Waals surface area contributed by atoms with Crippen LogP contribution >= 0.6 is 0 Å². The second kappa shape index (κ2) is 8.86. The number of aromatic nitrogens is 3. The molecule has 0 aliphatic heterocycles. The summed E-state index contributed by atoms with van der Waals surface area (Å²) in [6.07, 6.45) is 9.02. The van der Waals surface area contributed by atoms with Gasteiger partial charge in [0.05, 0.1) is 5.52 Å². The second-order valence-electron chi connectivity index (χ2n) is 8.29. The van der Waals surface area contributed by atoms with Crippen molar-refractivity contribution in [2.45, 2.75) is 39.5 Å². The number of nitrogens with two attached hydrogens (primary N) is 1. The molecular weight excluding hydrogens is 405 g/mol. The number of hydrogen-bond acceptors (Lipinski definition) is 5. The summed E-state index contributed by atoms with van der Waals surface area (Å²) >= 11 is 0. The zero-order chi connectivity index (χ0) is 22.8. The van der Waals surface area contributed by atoms with Gasteiger partial charge in [-0.2, -0.15) is 0 Å². The predicted molar refractivity (Wildman–Crippen MR) is 127 cm³/mol. The Hall–Kier alpha value is -3.61. The van der Waals surface area contributed by atoms with Gasteiger partial charge < -0.3 is 15.1 Å². The molecule has 2 N–H and O–H groups in total. The fourth-order valence-corrected chi connectivity index (χ4v) is 4.00. The van der Waals surface area contributed by atoms with Crippen LogP contribution in [0.15, 0.2) is 55.1 Å². The summed E-state index contributed by atoms with van der Waals surface area (Å²) in [5.41, 5.74) is 11.1. The van der Waals surface area contributed by atoms with Gasteiger partial charge >= 0.3 is 0 Å². The number of aryl methyl sites for hydroxylation is 2. The van der Waals surface area contributed by atoms with Gasteiger partial charge in [-0.15, -0.1) is 0 Å². The largest absolute Gasteiger partial charge is 0.382 e. The zero-order valence-corrected chi connectivity index (χ0v) is 18.8. The molecule has 0 fully saturated rings. The average Bonchev–Trinajstić information content (AvgIpc) is 3.15. The Morgan fingerprint density at radius 1 is 1.16 bits per heavy atom. The number of rotatable bonds is 7. The Labute approximate surface area is 187 Å². The van der Waals surface area contributed by atoms with Crippen LogP contribution < -0.4 is 15.9 Å². The molecule has 1 aromatic carbocycles. The quantitative estimate of drug-likeness (QED) is 0.287. The van der Waals surface area contributed by atoms with Crippen LogP contribution in [-0.4, -0.2) is 14.5 Å². The van der Waals surface area contributed by atoms with Crippen molar-refractivity contribution in [1.29, 1.82) is 0 Å². The van der Waals surface area contributed by atoms with E-state index in [2.05, 4.69) is 35.3 Å². The first kappa shape index (κ1) is 21.6. The van der Waals surface area contributed by atoms with Crippen LogP contribution in [0.1, 0.15) is 44.2 Å². The van der Waals surface area contributed by atoms with Gasteiger partial charge in [-0.3, -0.25) is 4.98 Å². The first-order valence-corrected chi connectivity index (χ1v) is 10.8. The highest BCUT2D eigenvalue weighted by molar-refractivity contribution is 5.97. The molecule has 0 amide bonds. The molecule has 0 bridgehead atoms. The Morgan fingerprint density at radius 3 is 2.72 bits per heavy atom. The molecule has 0 atom stereocenters. The standard InChI is InChI=1S/C25H28FN5O/c1-5-6-17-11-23(25(27)29-14-17)31(26)32-19-12-18-8-10-30(4)24(18)21(13-19)20-7-9-28-15-22(20)16(2)3/h7-16H,5-6H2,1-4H3,(H2,27,29). The van der Waals surface area contributed by atoms with Crippen LogP contribution in [0.2, 0.25) is 0 Å². The lowest BCUT2D eigenvalue weighted by molar-refractivity contribution is 0.141.